The van der Waals surface area contributed by atoms with Gasteiger partial charge in [-0.15, -0.1) is 0 Å². The lowest BCUT2D eigenvalue weighted by molar-refractivity contribution is -0.129. The molecule has 0 spiro atoms. The van der Waals surface area contributed by atoms with Crippen molar-refractivity contribution in [1.29, 1.82) is 0 Å². The minimum absolute atomic E-state index is 0.0520. The Morgan fingerprint density at radius 2 is 1.92 bits per heavy atom. The molecule has 1 aromatic heterocycles. The van der Waals surface area contributed by atoms with Gasteiger partial charge < -0.3 is 14.1 Å². The molecule has 0 fully saturated rings. The van der Waals surface area contributed by atoms with Crippen LogP contribution in [0.1, 0.15) is 16.7 Å². The third-order valence-corrected chi connectivity index (χ3v) is 4.26. The van der Waals surface area contributed by atoms with E-state index in [4.69, 9.17) is 9.15 Å². The lowest BCUT2D eigenvalue weighted by atomic mass is 10.1. The summed E-state index contributed by atoms with van der Waals surface area (Å²) in [6.07, 6.45) is 2.01. The number of hydrogen-bond acceptors (Lipinski definition) is 3. The van der Waals surface area contributed by atoms with Gasteiger partial charge in [-0.25, -0.2) is 0 Å². The van der Waals surface area contributed by atoms with Crippen LogP contribution >= 0.6 is 0 Å². The van der Waals surface area contributed by atoms with Crippen LogP contribution in [0, 0.1) is 13.8 Å². The number of benzene rings is 2. The largest absolute Gasteiger partial charge is 0.492 e. The van der Waals surface area contributed by atoms with E-state index in [2.05, 4.69) is 0 Å². The van der Waals surface area contributed by atoms with Crippen molar-refractivity contribution < 1.29 is 13.9 Å². The summed E-state index contributed by atoms with van der Waals surface area (Å²) >= 11 is 0. The van der Waals surface area contributed by atoms with E-state index in [0.717, 1.165) is 33.4 Å². The topological polar surface area (TPSA) is 42.7 Å². The summed E-state index contributed by atoms with van der Waals surface area (Å²) in [5.74, 6) is 0.883. The van der Waals surface area contributed by atoms with Crippen LogP contribution in [0.2, 0.25) is 0 Å². The zero-order valence-electron chi connectivity index (χ0n) is 14.9. The molecule has 0 unspecified atom stereocenters. The van der Waals surface area contributed by atoms with E-state index in [9.17, 15) is 4.79 Å². The van der Waals surface area contributed by atoms with Gasteiger partial charge in [0.25, 0.3) is 0 Å². The van der Waals surface area contributed by atoms with Crippen LogP contribution in [0.5, 0.6) is 5.75 Å². The fourth-order valence-corrected chi connectivity index (χ4v) is 2.76. The van der Waals surface area contributed by atoms with Gasteiger partial charge in [0, 0.05) is 18.0 Å². The lowest BCUT2D eigenvalue weighted by Gasteiger charge is -2.17. The molecule has 3 rings (SSSR count). The molecule has 4 nitrogen and oxygen atoms in total. The highest BCUT2D eigenvalue weighted by Gasteiger charge is 2.14. The molecule has 3 aromatic rings. The normalized spacial score (nSPS) is 10.8. The molecule has 0 aliphatic carbocycles. The third kappa shape index (κ3) is 4.21. The van der Waals surface area contributed by atoms with Crippen molar-refractivity contribution >= 4 is 16.9 Å². The standard InChI is InChI=1S/C21H23NO3/c1-15-5-4-6-18(11-15)24-10-9-22(3)21(23)13-17-14-25-20-12-16(2)7-8-19(17)20/h4-8,11-12,14H,9-10,13H2,1-3H3. The number of aryl methyl sites for hydroxylation is 2. The van der Waals surface area contributed by atoms with Crippen molar-refractivity contribution in [3.05, 3.63) is 65.4 Å². The number of carbonyl (C=O) groups is 1. The van der Waals surface area contributed by atoms with Crippen LogP contribution in [0.4, 0.5) is 0 Å². The molecule has 25 heavy (non-hydrogen) atoms. The maximum atomic E-state index is 12.4. The number of fused-ring (bicyclic) bond motifs is 1. The molecule has 0 saturated heterocycles. The number of carbonyl (C=O) groups excluding carboxylic acids is 1. The molecule has 0 N–H and O–H groups in total. The number of likely N-dealkylation sites (N-methyl/N-ethyl adjacent to an activating group) is 1. The van der Waals surface area contributed by atoms with Gasteiger partial charge in [-0.1, -0.05) is 24.3 Å². The molecular weight excluding hydrogens is 314 g/mol. The molecule has 0 atom stereocenters. The van der Waals surface area contributed by atoms with E-state index < -0.39 is 0 Å². The number of hydrogen-bond donors (Lipinski definition) is 0. The number of nitrogens with zero attached hydrogens (tertiary/aromatic N) is 1. The summed E-state index contributed by atoms with van der Waals surface area (Å²) in [6.45, 7) is 5.06. The van der Waals surface area contributed by atoms with Crippen LogP contribution in [0.15, 0.2) is 53.1 Å². The highest BCUT2D eigenvalue weighted by atomic mass is 16.5. The molecule has 1 heterocycles. The maximum Gasteiger partial charge on any atom is 0.226 e. The fourth-order valence-electron chi connectivity index (χ4n) is 2.76. The Morgan fingerprint density at radius 3 is 2.72 bits per heavy atom. The first kappa shape index (κ1) is 17.1. The summed E-state index contributed by atoms with van der Waals surface area (Å²) in [6, 6.07) is 13.9. The minimum atomic E-state index is 0.0520. The van der Waals surface area contributed by atoms with Crippen molar-refractivity contribution in [1.82, 2.24) is 4.90 Å². The molecule has 0 aliphatic heterocycles. The van der Waals surface area contributed by atoms with E-state index in [1.807, 2.05) is 56.3 Å². The van der Waals surface area contributed by atoms with Gasteiger partial charge in [-0.05, 0) is 43.2 Å². The molecule has 0 aliphatic rings. The molecule has 130 valence electrons. The highest BCUT2D eigenvalue weighted by Crippen LogP contribution is 2.23. The fraction of sp³-hybridized carbons (Fsp3) is 0.286. The quantitative estimate of drug-likeness (QED) is 0.679. The van der Waals surface area contributed by atoms with Gasteiger partial charge in [-0.3, -0.25) is 4.79 Å². The molecular formula is C21H23NO3. The number of amides is 1. The molecule has 0 saturated carbocycles. The first-order chi connectivity index (χ1) is 12.0. The molecule has 1 amide bonds. The van der Waals surface area contributed by atoms with Gasteiger partial charge >= 0.3 is 0 Å². The average Bonchev–Trinajstić information content (AvgIpc) is 2.96. The Labute approximate surface area is 148 Å². The van der Waals surface area contributed by atoms with Crippen molar-refractivity contribution in [2.75, 3.05) is 20.2 Å². The Morgan fingerprint density at radius 1 is 1.12 bits per heavy atom. The van der Waals surface area contributed by atoms with Gasteiger partial charge in [0.05, 0.1) is 19.2 Å². The zero-order valence-corrected chi connectivity index (χ0v) is 14.9. The number of furan rings is 1. The molecule has 0 bridgehead atoms. The molecule has 4 heteroatoms. The Kier molecular flexibility index (Phi) is 5.08. The number of rotatable bonds is 6. The Hall–Kier alpha value is -2.75. The average molecular weight is 337 g/mol. The Bertz CT molecular complexity index is 882. The van der Waals surface area contributed by atoms with E-state index in [1.54, 1.807) is 18.2 Å². The lowest BCUT2D eigenvalue weighted by Crippen LogP contribution is -2.32. The SMILES string of the molecule is Cc1cccc(OCCN(C)C(=O)Cc2coc3cc(C)ccc23)c1. The first-order valence-electron chi connectivity index (χ1n) is 8.43. The van der Waals surface area contributed by atoms with Crippen LogP contribution < -0.4 is 4.74 Å². The summed E-state index contributed by atoms with van der Waals surface area (Å²) in [5, 5.41) is 1.00. The van der Waals surface area contributed by atoms with E-state index in [1.165, 1.54) is 0 Å². The second-order valence-corrected chi connectivity index (χ2v) is 6.42. The van der Waals surface area contributed by atoms with Gasteiger partial charge in [-0.2, -0.15) is 0 Å². The van der Waals surface area contributed by atoms with Crippen molar-refractivity contribution in [2.45, 2.75) is 20.3 Å². The highest BCUT2D eigenvalue weighted by molar-refractivity contribution is 5.87. The minimum Gasteiger partial charge on any atom is -0.492 e. The van der Waals surface area contributed by atoms with E-state index in [-0.39, 0.29) is 5.91 Å². The monoisotopic (exact) mass is 337 g/mol. The molecule has 2 aromatic carbocycles. The molecule has 0 radical (unpaired) electrons. The van der Waals surface area contributed by atoms with E-state index in [0.29, 0.717) is 19.6 Å². The summed E-state index contributed by atoms with van der Waals surface area (Å²) in [5.41, 5.74) is 4.05. The summed E-state index contributed by atoms with van der Waals surface area (Å²) in [7, 11) is 1.80. The van der Waals surface area contributed by atoms with Gasteiger partial charge in [0.1, 0.15) is 17.9 Å². The predicted octanol–water partition coefficient (Wildman–Crippen LogP) is 4.13. The van der Waals surface area contributed by atoms with Gasteiger partial charge in [0.2, 0.25) is 5.91 Å². The second-order valence-electron chi connectivity index (χ2n) is 6.42. The van der Waals surface area contributed by atoms with Gasteiger partial charge in [0.15, 0.2) is 0 Å². The number of ether oxygens (including phenoxy) is 1. The van der Waals surface area contributed by atoms with Crippen molar-refractivity contribution in [3.8, 4) is 5.75 Å². The first-order valence-corrected chi connectivity index (χ1v) is 8.43. The van der Waals surface area contributed by atoms with E-state index >= 15 is 0 Å². The van der Waals surface area contributed by atoms with Crippen molar-refractivity contribution in [3.63, 3.8) is 0 Å². The van der Waals surface area contributed by atoms with Crippen LogP contribution in [0.3, 0.4) is 0 Å². The van der Waals surface area contributed by atoms with Crippen molar-refractivity contribution in [2.24, 2.45) is 0 Å². The predicted molar refractivity (Wildman–Crippen MR) is 99.0 cm³/mol. The smallest absolute Gasteiger partial charge is 0.226 e. The summed E-state index contributed by atoms with van der Waals surface area (Å²) < 4.78 is 11.3. The van der Waals surface area contributed by atoms with Crippen LogP contribution in [-0.4, -0.2) is 31.0 Å². The summed E-state index contributed by atoms with van der Waals surface area (Å²) in [4.78, 5) is 14.1. The maximum absolute atomic E-state index is 12.4. The second kappa shape index (κ2) is 7.43. The Balaban J connectivity index is 1.55. The zero-order chi connectivity index (χ0) is 17.8. The third-order valence-electron chi connectivity index (χ3n) is 4.26. The van der Waals surface area contributed by atoms with Crippen LogP contribution in [0.25, 0.3) is 11.0 Å². The van der Waals surface area contributed by atoms with Crippen LogP contribution in [-0.2, 0) is 11.2 Å².